The topological polar surface area (TPSA) is 12.5 Å². The Hall–Kier alpha value is -1.54. The average molecular weight is 267 g/mol. The molecule has 0 amide bonds. The molecule has 0 saturated heterocycles. The molecule has 0 spiro atoms. The van der Waals surface area contributed by atoms with Crippen molar-refractivity contribution in [2.24, 2.45) is 0 Å². The number of benzene rings is 2. The van der Waals surface area contributed by atoms with E-state index in [1.807, 2.05) is 0 Å². The standard InChI is InChI=1S/C18H21NO/c1-2-7-16(8-3-1)19-12-15-11-10-14-6-4-5-9-17(14)18(15)20-13-19/h4-6,9-11,16H,1-3,7-8,12-13H2. The van der Waals surface area contributed by atoms with E-state index >= 15 is 0 Å². The molecule has 0 bridgehead atoms. The summed E-state index contributed by atoms with van der Waals surface area (Å²) in [5.74, 6) is 1.11. The molecule has 0 N–H and O–H groups in total. The van der Waals surface area contributed by atoms with Crippen LogP contribution < -0.4 is 4.74 Å². The van der Waals surface area contributed by atoms with Crippen molar-refractivity contribution in [3.8, 4) is 5.75 Å². The van der Waals surface area contributed by atoms with E-state index in [4.69, 9.17) is 4.74 Å². The van der Waals surface area contributed by atoms with Crippen molar-refractivity contribution in [3.63, 3.8) is 0 Å². The fourth-order valence-electron chi connectivity index (χ4n) is 3.68. The van der Waals surface area contributed by atoms with Crippen LogP contribution in [0.2, 0.25) is 0 Å². The maximum Gasteiger partial charge on any atom is 0.142 e. The monoisotopic (exact) mass is 267 g/mol. The fraction of sp³-hybridized carbons (Fsp3) is 0.444. The molecule has 1 aliphatic heterocycles. The second-order valence-electron chi connectivity index (χ2n) is 6.09. The van der Waals surface area contributed by atoms with Gasteiger partial charge in [-0.2, -0.15) is 0 Å². The molecule has 104 valence electrons. The first-order valence-electron chi connectivity index (χ1n) is 7.79. The van der Waals surface area contributed by atoms with Crippen LogP contribution in [0.5, 0.6) is 5.75 Å². The first kappa shape index (κ1) is 12.2. The molecular weight excluding hydrogens is 246 g/mol. The Bertz CT molecular complexity index is 616. The van der Waals surface area contributed by atoms with Crippen LogP contribution in [-0.4, -0.2) is 17.7 Å². The van der Waals surface area contributed by atoms with Crippen LogP contribution in [0, 0.1) is 0 Å². The quantitative estimate of drug-likeness (QED) is 0.762. The van der Waals surface area contributed by atoms with Crippen LogP contribution in [0.15, 0.2) is 36.4 Å². The minimum Gasteiger partial charge on any atom is -0.477 e. The molecule has 2 nitrogen and oxygen atoms in total. The normalized spacial score (nSPS) is 20.6. The highest BCUT2D eigenvalue weighted by Crippen LogP contribution is 2.35. The van der Waals surface area contributed by atoms with Gasteiger partial charge in [-0.05, 0) is 18.2 Å². The number of hydrogen-bond donors (Lipinski definition) is 0. The van der Waals surface area contributed by atoms with Crippen molar-refractivity contribution in [2.45, 2.75) is 44.7 Å². The molecule has 2 aromatic rings. The van der Waals surface area contributed by atoms with E-state index in [0.717, 1.165) is 25.1 Å². The van der Waals surface area contributed by atoms with E-state index in [1.165, 1.54) is 48.4 Å². The van der Waals surface area contributed by atoms with Gasteiger partial charge in [-0.25, -0.2) is 0 Å². The van der Waals surface area contributed by atoms with Crippen LogP contribution in [0.1, 0.15) is 37.7 Å². The third kappa shape index (κ3) is 2.08. The Balaban J connectivity index is 1.64. The van der Waals surface area contributed by atoms with Crippen LogP contribution in [0.25, 0.3) is 10.8 Å². The third-order valence-electron chi connectivity index (χ3n) is 4.80. The summed E-state index contributed by atoms with van der Waals surface area (Å²) < 4.78 is 6.13. The first-order valence-corrected chi connectivity index (χ1v) is 7.79. The number of nitrogens with zero attached hydrogens (tertiary/aromatic N) is 1. The van der Waals surface area contributed by atoms with Gasteiger partial charge in [0.2, 0.25) is 0 Å². The van der Waals surface area contributed by atoms with Gasteiger partial charge in [-0.1, -0.05) is 55.7 Å². The van der Waals surface area contributed by atoms with E-state index in [9.17, 15) is 0 Å². The number of ether oxygens (including phenoxy) is 1. The summed E-state index contributed by atoms with van der Waals surface area (Å²) in [6, 6.07) is 13.7. The van der Waals surface area contributed by atoms with Gasteiger partial charge in [0.1, 0.15) is 12.5 Å². The molecule has 2 aliphatic rings. The lowest BCUT2D eigenvalue weighted by Gasteiger charge is -2.37. The summed E-state index contributed by atoms with van der Waals surface area (Å²) in [4.78, 5) is 2.52. The summed E-state index contributed by atoms with van der Waals surface area (Å²) >= 11 is 0. The first-order chi connectivity index (χ1) is 9.92. The van der Waals surface area contributed by atoms with Crippen LogP contribution in [0.3, 0.4) is 0 Å². The van der Waals surface area contributed by atoms with Crippen molar-refractivity contribution in [1.82, 2.24) is 4.90 Å². The van der Waals surface area contributed by atoms with E-state index in [1.54, 1.807) is 0 Å². The zero-order valence-electron chi connectivity index (χ0n) is 11.8. The Labute approximate surface area is 120 Å². The predicted octanol–water partition coefficient (Wildman–Crippen LogP) is 4.32. The van der Waals surface area contributed by atoms with Crippen molar-refractivity contribution in [3.05, 3.63) is 42.0 Å². The van der Waals surface area contributed by atoms with Gasteiger partial charge >= 0.3 is 0 Å². The minimum atomic E-state index is 0.725. The summed E-state index contributed by atoms with van der Waals surface area (Å²) in [7, 11) is 0. The van der Waals surface area contributed by atoms with Crippen LogP contribution >= 0.6 is 0 Å². The fourth-order valence-corrected chi connectivity index (χ4v) is 3.68. The second kappa shape index (κ2) is 5.10. The minimum absolute atomic E-state index is 0.725. The number of fused-ring (bicyclic) bond motifs is 3. The average Bonchev–Trinajstić information content (AvgIpc) is 2.55. The summed E-state index contributed by atoms with van der Waals surface area (Å²) in [5, 5.41) is 2.53. The molecule has 1 saturated carbocycles. The van der Waals surface area contributed by atoms with E-state index < -0.39 is 0 Å². The molecule has 0 aromatic heterocycles. The van der Waals surface area contributed by atoms with Gasteiger partial charge in [0.05, 0.1) is 0 Å². The summed E-state index contributed by atoms with van der Waals surface area (Å²) in [6.07, 6.45) is 6.85. The van der Waals surface area contributed by atoms with Crippen molar-refractivity contribution in [2.75, 3.05) is 6.73 Å². The molecule has 4 rings (SSSR count). The zero-order valence-corrected chi connectivity index (χ0v) is 11.8. The molecule has 1 fully saturated rings. The van der Waals surface area contributed by atoms with Gasteiger partial charge in [-0.3, -0.25) is 4.90 Å². The highest BCUT2D eigenvalue weighted by Gasteiger charge is 2.26. The maximum atomic E-state index is 6.13. The largest absolute Gasteiger partial charge is 0.477 e. The zero-order chi connectivity index (χ0) is 13.4. The van der Waals surface area contributed by atoms with Gasteiger partial charge < -0.3 is 4.74 Å². The highest BCUT2D eigenvalue weighted by atomic mass is 16.5. The maximum absolute atomic E-state index is 6.13. The Morgan fingerprint density at radius 1 is 0.950 bits per heavy atom. The molecule has 1 aliphatic carbocycles. The lowest BCUT2D eigenvalue weighted by atomic mass is 9.93. The molecule has 1 heterocycles. The number of rotatable bonds is 1. The third-order valence-corrected chi connectivity index (χ3v) is 4.80. The van der Waals surface area contributed by atoms with Crippen LogP contribution in [-0.2, 0) is 6.54 Å². The van der Waals surface area contributed by atoms with Gasteiger partial charge in [0, 0.05) is 23.5 Å². The SMILES string of the molecule is c1ccc2c3c(ccc2c1)CN(C1CCCCC1)CO3. The van der Waals surface area contributed by atoms with Gasteiger partial charge in [-0.15, -0.1) is 0 Å². The second-order valence-corrected chi connectivity index (χ2v) is 6.09. The van der Waals surface area contributed by atoms with Crippen molar-refractivity contribution >= 4 is 10.8 Å². The predicted molar refractivity (Wildman–Crippen MR) is 81.9 cm³/mol. The van der Waals surface area contributed by atoms with Crippen molar-refractivity contribution < 1.29 is 4.74 Å². The molecule has 2 aromatic carbocycles. The summed E-state index contributed by atoms with van der Waals surface area (Å²) in [6.45, 7) is 1.80. The van der Waals surface area contributed by atoms with Gasteiger partial charge in [0.25, 0.3) is 0 Å². The summed E-state index contributed by atoms with van der Waals surface area (Å²) in [5.41, 5.74) is 1.35. The Morgan fingerprint density at radius 2 is 1.80 bits per heavy atom. The van der Waals surface area contributed by atoms with Gasteiger partial charge in [0.15, 0.2) is 0 Å². The van der Waals surface area contributed by atoms with E-state index in [2.05, 4.69) is 41.3 Å². The lowest BCUT2D eigenvalue weighted by molar-refractivity contribution is 0.0415. The highest BCUT2D eigenvalue weighted by molar-refractivity contribution is 5.89. The Kier molecular flexibility index (Phi) is 3.12. The molecule has 0 unspecified atom stereocenters. The molecular formula is C18H21NO. The molecule has 0 atom stereocenters. The molecule has 0 radical (unpaired) electrons. The Morgan fingerprint density at radius 3 is 2.70 bits per heavy atom. The van der Waals surface area contributed by atoms with E-state index in [0.29, 0.717) is 0 Å². The molecule has 2 heteroatoms. The van der Waals surface area contributed by atoms with Crippen molar-refractivity contribution in [1.29, 1.82) is 0 Å². The number of hydrogen-bond acceptors (Lipinski definition) is 2. The van der Waals surface area contributed by atoms with E-state index in [-0.39, 0.29) is 0 Å². The lowest BCUT2D eigenvalue weighted by Crippen LogP contribution is -2.41. The van der Waals surface area contributed by atoms with Crippen LogP contribution in [0.4, 0.5) is 0 Å². The smallest absolute Gasteiger partial charge is 0.142 e. The molecule has 20 heavy (non-hydrogen) atoms.